The van der Waals surface area contributed by atoms with Gasteiger partial charge in [-0.25, -0.2) is 4.98 Å². The molecule has 0 aliphatic heterocycles. The molecule has 0 amide bonds. The van der Waals surface area contributed by atoms with Crippen LogP contribution in [0.3, 0.4) is 0 Å². The third-order valence-electron chi connectivity index (χ3n) is 4.01. The number of hydrogen-bond acceptors (Lipinski definition) is 2. The zero-order chi connectivity index (χ0) is 14.1. The lowest BCUT2D eigenvalue weighted by Crippen LogP contribution is -2.27. The standard InChI is InChI=1S/C15H17Cl2N3/c16-10-1-6-14(17)13(7-10)15-8-19-9-20(15)12-4-2-11(18)3-5-12/h1,6-9,11-12H,2-5,18H2. The lowest BCUT2D eigenvalue weighted by molar-refractivity contribution is 0.325. The second kappa shape index (κ2) is 5.76. The zero-order valence-corrected chi connectivity index (χ0v) is 12.6. The Labute approximate surface area is 128 Å². The van der Waals surface area contributed by atoms with E-state index < -0.39 is 0 Å². The van der Waals surface area contributed by atoms with Crippen molar-refractivity contribution < 1.29 is 0 Å². The molecule has 1 aromatic heterocycles. The van der Waals surface area contributed by atoms with Gasteiger partial charge in [0.1, 0.15) is 0 Å². The molecule has 0 bridgehead atoms. The van der Waals surface area contributed by atoms with Gasteiger partial charge in [-0.2, -0.15) is 0 Å². The molecule has 106 valence electrons. The van der Waals surface area contributed by atoms with Crippen LogP contribution in [0.1, 0.15) is 31.7 Å². The Morgan fingerprint density at radius 1 is 1.15 bits per heavy atom. The molecule has 20 heavy (non-hydrogen) atoms. The number of halogens is 2. The summed E-state index contributed by atoms with van der Waals surface area (Å²) in [5.74, 6) is 0. The molecule has 1 fully saturated rings. The topological polar surface area (TPSA) is 43.8 Å². The maximum Gasteiger partial charge on any atom is 0.0953 e. The number of imidazole rings is 1. The van der Waals surface area contributed by atoms with E-state index in [2.05, 4.69) is 9.55 Å². The third kappa shape index (κ3) is 2.71. The molecule has 1 aromatic carbocycles. The summed E-state index contributed by atoms with van der Waals surface area (Å²) in [6.45, 7) is 0. The van der Waals surface area contributed by atoms with E-state index in [0.717, 1.165) is 36.9 Å². The van der Waals surface area contributed by atoms with Crippen LogP contribution in [0, 0.1) is 0 Å². The van der Waals surface area contributed by atoms with Crippen molar-refractivity contribution in [2.24, 2.45) is 5.73 Å². The zero-order valence-electron chi connectivity index (χ0n) is 11.1. The maximum absolute atomic E-state index is 6.30. The second-order valence-corrected chi connectivity index (χ2v) is 6.22. The van der Waals surface area contributed by atoms with Crippen LogP contribution < -0.4 is 5.73 Å². The smallest absolute Gasteiger partial charge is 0.0953 e. The van der Waals surface area contributed by atoms with Crippen LogP contribution in [0.5, 0.6) is 0 Å². The molecule has 2 N–H and O–H groups in total. The first-order chi connectivity index (χ1) is 9.65. The highest BCUT2D eigenvalue weighted by Gasteiger charge is 2.22. The number of nitrogens with zero attached hydrogens (tertiary/aromatic N) is 2. The summed E-state index contributed by atoms with van der Waals surface area (Å²) < 4.78 is 2.21. The molecule has 0 spiro atoms. The molecule has 0 unspecified atom stereocenters. The van der Waals surface area contributed by atoms with Gasteiger partial charge in [0.2, 0.25) is 0 Å². The molecule has 0 radical (unpaired) electrons. The van der Waals surface area contributed by atoms with Gasteiger partial charge >= 0.3 is 0 Å². The predicted molar refractivity (Wildman–Crippen MR) is 83.2 cm³/mol. The first kappa shape index (κ1) is 13.9. The van der Waals surface area contributed by atoms with Crippen LogP contribution in [-0.2, 0) is 0 Å². The van der Waals surface area contributed by atoms with Crippen molar-refractivity contribution in [2.45, 2.75) is 37.8 Å². The fourth-order valence-electron chi connectivity index (χ4n) is 2.88. The quantitative estimate of drug-likeness (QED) is 0.899. The predicted octanol–water partition coefficient (Wildman–Crippen LogP) is 4.30. The van der Waals surface area contributed by atoms with Gasteiger partial charge in [-0.15, -0.1) is 0 Å². The van der Waals surface area contributed by atoms with Gasteiger partial charge in [-0.1, -0.05) is 23.2 Å². The molecular formula is C15H17Cl2N3. The molecule has 3 rings (SSSR count). The van der Waals surface area contributed by atoms with Crippen LogP contribution in [0.4, 0.5) is 0 Å². The minimum atomic E-state index is 0.341. The number of nitrogens with two attached hydrogens (primary N) is 1. The number of benzene rings is 1. The highest BCUT2D eigenvalue weighted by Crippen LogP contribution is 2.35. The molecule has 5 heteroatoms. The molecule has 0 saturated heterocycles. The van der Waals surface area contributed by atoms with Crippen molar-refractivity contribution in [3.8, 4) is 11.3 Å². The summed E-state index contributed by atoms with van der Waals surface area (Å²) in [5.41, 5.74) is 7.94. The number of hydrogen-bond donors (Lipinski definition) is 1. The SMILES string of the molecule is NC1CCC(n2cncc2-c2cc(Cl)ccc2Cl)CC1. The van der Waals surface area contributed by atoms with Crippen molar-refractivity contribution in [2.75, 3.05) is 0 Å². The van der Waals surface area contributed by atoms with E-state index in [1.165, 1.54) is 0 Å². The molecular weight excluding hydrogens is 293 g/mol. The Morgan fingerprint density at radius 3 is 2.65 bits per heavy atom. The Kier molecular flexibility index (Phi) is 4.01. The minimum Gasteiger partial charge on any atom is -0.328 e. The van der Waals surface area contributed by atoms with E-state index in [1.807, 2.05) is 24.7 Å². The first-order valence-corrected chi connectivity index (χ1v) is 7.63. The monoisotopic (exact) mass is 309 g/mol. The van der Waals surface area contributed by atoms with Crippen LogP contribution in [-0.4, -0.2) is 15.6 Å². The number of rotatable bonds is 2. The second-order valence-electron chi connectivity index (χ2n) is 5.38. The van der Waals surface area contributed by atoms with Crippen LogP contribution in [0.15, 0.2) is 30.7 Å². The number of aromatic nitrogens is 2. The molecule has 1 saturated carbocycles. The summed E-state index contributed by atoms with van der Waals surface area (Å²) in [6, 6.07) is 6.31. The van der Waals surface area contributed by atoms with Gasteiger partial charge in [0.25, 0.3) is 0 Å². The Hall–Kier alpha value is -1.03. The van der Waals surface area contributed by atoms with Crippen molar-refractivity contribution in [1.82, 2.24) is 9.55 Å². The van der Waals surface area contributed by atoms with Gasteiger partial charge in [0, 0.05) is 22.7 Å². The Morgan fingerprint density at radius 2 is 1.90 bits per heavy atom. The van der Waals surface area contributed by atoms with E-state index >= 15 is 0 Å². The summed E-state index contributed by atoms with van der Waals surface area (Å²) >= 11 is 12.4. The average molecular weight is 310 g/mol. The van der Waals surface area contributed by atoms with E-state index in [-0.39, 0.29) is 0 Å². The molecule has 1 aliphatic carbocycles. The van der Waals surface area contributed by atoms with Crippen molar-refractivity contribution in [3.63, 3.8) is 0 Å². The fraction of sp³-hybridized carbons (Fsp3) is 0.400. The van der Waals surface area contributed by atoms with Gasteiger partial charge in [-0.3, -0.25) is 0 Å². The highest BCUT2D eigenvalue weighted by atomic mass is 35.5. The third-order valence-corrected chi connectivity index (χ3v) is 4.57. The Bertz CT molecular complexity index is 601. The van der Waals surface area contributed by atoms with Crippen LogP contribution in [0.2, 0.25) is 10.0 Å². The summed E-state index contributed by atoms with van der Waals surface area (Å²) in [7, 11) is 0. The largest absolute Gasteiger partial charge is 0.328 e. The van der Waals surface area contributed by atoms with Crippen molar-refractivity contribution in [3.05, 3.63) is 40.8 Å². The lowest BCUT2D eigenvalue weighted by Gasteiger charge is -2.28. The highest BCUT2D eigenvalue weighted by molar-refractivity contribution is 6.35. The summed E-state index contributed by atoms with van der Waals surface area (Å²) in [6.07, 6.45) is 8.03. The summed E-state index contributed by atoms with van der Waals surface area (Å²) in [5, 5.41) is 1.38. The minimum absolute atomic E-state index is 0.341. The molecule has 1 heterocycles. The van der Waals surface area contributed by atoms with E-state index in [4.69, 9.17) is 28.9 Å². The van der Waals surface area contributed by atoms with E-state index in [9.17, 15) is 0 Å². The van der Waals surface area contributed by atoms with Crippen molar-refractivity contribution in [1.29, 1.82) is 0 Å². The average Bonchev–Trinajstić information content (AvgIpc) is 2.91. The first-order valence-electron chi connectivity index (χ1n) is 6.88. The summed E-state index contributed by atoms with van der Waals surface area (Å²) in [4.78, 5) is 4.29. The maximum atomic E-state index is 6.30. The molecule has 0 atom stereocenters. The van der Waals surface area contributed by atoms with E-state index in [1.54, 1.807) is 6.07 Å². The Balaban J connectivity index is 1.96. The van der Waals surface area contributed by atoms with Gasteiger partial charge in [-0.05, 0) is 43.9 Å². The van der Waals surface area contributed by atoms with Gasteiger partial charge in [0.15, 0.2) is 0 Å². The van der Waals surface area contributed by atoms with E-state index in [0.29, 0.717) is 22.1 Å². The van der Waals surface area contributed by atoms with Crippen molar-refractivity contribution >= 4 is 23.2 Å². The van der Waals surface area contributed by atoms with Gasteiger partial charge < -0.3 is 10.3 Å². The molecule has 1 aliphatic rings. The van der Waals surface area contributed by atoms with Gasteiger partial charge in [0.05, 0.1) is 23.2 Å². The normalized spacial score (nSPS) is 22.9. The van der Waals surface area contributed by atoms with Crippen LogP contribution in [0.25, 0.3) is 11.3 Å². The lowest BCUT2D eigenvalue weighted by atomic mass is 9.91. The molecule has 3 nitrogen and oxygen atoms in total. The van der Waals surface area contributed by atoms with Crippen LogP contribution >= 0.6 is 23.2 Å². The molecule has 2 aromatic rings. The fourth-order valence-corrected chi connectivity index (χ4v) is 3.26.